The van der Waals surface area contributed by atoms with E-state index in [1.807, 2.05) is 13.8 Å². The summed E-state index contributed by atoms with van der Waals surface area (Å²) in [6.07, 6.45) is 0. The van der Waals surface area contributed by atoms with Crippen molar-refractivity contribution in [2.45, 2.75) is 13.8 Å². The molecule has 2 N–H and O–H groups in total. The molecule has 1 rings (SSSR count). The Morgan fingerprint density at radius 1 is 1.45 bits per heavy atom. The second-order valence-corrected chi connectivity index (χ2v) is 4.04. The maximum atomic E-state index is 11.5. The van der Waals surface area contributed by atoms with Crippen molar-refractivity contribution in [1.82, 2.24) is 10.3 Å². The number of carbonyl (C=O) groups is 1. The number of anilines is 2. The van der Waals surface area contributed by atoms with Crippen molar-refractivity contribution < 1.29 is 9.72 Å². The molecule has 20 heavy (non-hydrogen) atoms. The fraction of sp³-hybridized carbons (Fsp3) is 0.500. The van der Waals surface area contributed by atoms with Crippen LogP contribution in [0.25, 0.3) is 0 Å². The molecule has 0 aliphatic rings. The molecular formula is C12H19N5O3. The van der Waals surface area contributed by atoms with Crippen LogP contribution in [0.3, 0.4) is 0 Å². The number of amides is 1. The van der Waals surface area contributed by atoms with E-state index >= 15 is 0 Å². The Bertz CT molecular complexity index is 492. The molecule has 8 heteroatoms. The summed E-state index contributed by atoms with van der Waals surface area (Å²) in [5, 5.41) is 16.4. The van der Waals surface area contributed by atoms with Crippen molar-refractivity contribution in [2.24, 2.45) is 0 Å². The van der Waals surface area contributed by atoms with Gasteiger partial charge in [-0.15, -0.1) is 0 Å². The van der Waals surface area contributed by atoms with E-state index < -0.39 is 4.92 Å². The lowest BCUT2D eigenvalue weighted by Crippen LogP contribution is -2.36. The smallest absolute Gasteiger partial charge is 0.276 e. The lowest BCUT2D eigenvalue weighted by molar-refractivity contribution is -0.384. The summed E-state index contributed by atoms with van der Waals surface area (Å²) in [5.74, 6) is 0.651. The zero-order valence-electron chi connectivity index (χ0n) is 11.8. The zero-order chi connectivity index (χ0) is 15.1. The van der Waals surface area contributed by atoms with Gasteiger partial charge >= 0.3 is 0 Å². The number of aromatic nitrogens is 1. The molecule has 0 aromatic carbocycles. The number of nitro groups is 1. The van der Waals surface area contributed by atoms with Crippen LogP contribution >= 0.6 is 0 Å². The van der Waals surface area contributed by atoms with E-state index in [0.29, 0.717) is 24.7 Å². The Morgan fingerprint density at radius 3 is 2.65 bits per heavy atom. The summed E-state index contributed by atoms with van der Waals surface area (Å²) in [6, 6.07) is 2.74. The Morgan fingerprint density at radius 2 is 2.15 bits per heavy atom. The summed E-state index contributed by atoms with van der Waals surface area (Å²) >= 11 is 0. The highest BCUT2D eigenvalue weighted by Gasteiger charge is 2.16. The molecule has 0 bridgehead atoms. The number of hydrogen-bond acceptors (Lipinski definition) is 6. The van der Waals surface area contributed by atoms with Crippen LogP contribution < -0.4 is 15.5 Å². The number of pyridine rings is 1. The molecule has 0 spiro atoms. The van der Waals surface area contributed by atoms with E-state index in [9.17, 15) is 14.9 Å². The normalized spacial score (nSPS) is 9.95. The molecule has 1 amide bonds. The molecular weight excluding hydrogens is 262 g/mol. The number of nitrogens with zero attached hydrogens (tertiary/aromatic N) is 3. The minimum Gasteiger partial charge on any atom is -0.370 e. The summed E-state index contributed by atoms with van der Waals surface area (Å²) in [7, 11) is 1.54. The first-order valence-corrected chi connectivity index (χ1v) is 6.37. The maximum absolute atomic E-state index is 11.5. The number of nitrogens with one attached hydrogen (secondary N) is 2. The summed E-state index contributed by atoms with van der Waals surface area (Å²) in [5.41, 5.74) is -0.0543. The maximum Gasteiger partial charge on any atom is 0.276 e. The molecule has 0 unspecified atom stereocenters. The SMILES string of the molecule is CCNc1cc([N+](=O)[O-])cc(N(CC)CC(=O)NC)n1. The number of carbonyl (C=O) groups excluding carboxylic acids is 1. The first-order chi connectivity index (χ1) is 9.51. The monoisotopic (exact) mass is 281 g/mol. The Balaban J connectivity index is 3.12. The van der Waals surface area contributed by atoms with Gasteiger partial charge in [-0.2, -0.15) is 0 Å². The summed E-state index contributed by atoms with van der Waals surface area (Å²) in [6.45, 7) is 4.97. The van der Waals surface area contributed by atoms with Crippen molar-refractivity contribution in [2.75, 3.05) is 36.9 Å². The van der Waals surface area contributed by atoms with Crippen LogP contribution in [0.4, 0.5) is 17.3 Å². The van der Waals surface area contributed by atoms with Crippen molar-refractivity contribution in [3.05, 3.63) is 22.2 Å². The molecule has 110 valence electrons. The highest BCUT2D eigenvalue weighted by molar-refractivity contribution is 5.80. The molecule has 1 aromatic rings. The molecule has 0 aliphatic carbocycles. The van der Waals surface area contributed by atoms with Crippen LogP contribution in [-0.2, 0) is 4.79 Å². The van der Waals surface area contributed by atoms with Crippen molar-refractivity contribution >= 4 is 23.2 Å². The Kier molecular flexibility index (Phi) is 5.70. The largest absolute Gasteiger partial charge is 0.370 e. The van der Waals surface area contributed by atoms with E-state index in [0.717, 1.165) is 0 Å². The average molecular weight is 281 g/mol. The van der Waals surface area contributed by atoms with E-state index in [1.165, 1.54) is 12.1 Å². The van der Waals surface area contributed by atoms with Gasteiger partial charge in [0.05, 0.1) is 23.6 Å². The Hall–Kier alpha value is -2.38. The van der Waals surface area contributed by atoms with Gasteiger partial charge in [-0.05, 0) is 13.8 Å². The van der Waals surface area contributed by atoms with Crippen molar-refractivity contribution in [3.8, 4) is 0 Å². The first-order valence-electron chi connectivity index (χ1n) is 6.37. The second kappa shape index (κ2) is 7.27. The van der Waals surface area contributed by atoms with Crippen LogP contribution in [0.15, 0.2) is 12.1 Å². The van der Waals surface area contributed by atoms with Crippen molar-refractivity contribution in [1.29, 1.82) is 0 Å². The van der Waals surface area contributed by atoms with E-state index in [-0.39, 0.29) is 18.1 Å². The standard InChI is InChI=1S/C12H19N5O3/c1-4-14-10-6-9(17(19)20)7-11(15-10)16(5-2)8-12(18)13-3/h6-7H,4-5,8H2,1-3H3,(H,13,18)(H,14,15). The topological polar surface area (TPSA) is 100 Å². The fourth-order valence-electron chi connectivity index (χ4n) is 1.65. The predicted molar refractivity (Wildman–Crippen MR) is 77.0 cm³/mol. The minimum atomic E-state index is -0.472. The molecule has 0 atom stereocenters. The van der Waals surface area contributed by atoms with Crippen LogP contribution in [-0.4, -0.2) is 42.5 Å². The summed E-state index contributed by atoms with van der Waals surface area (Å²) in [4.78, 5) is 27.9. The first kappa shape index (κ1) is 15.7. The van der Waals surface area contributed by atoms with Crippen LogP contribution in [0.2, 0.25) is 0 Å². The third-order valence-electron chi connectivity index (χ3n) is 2.68. The molecule has 8 nitrogen and oxygen atoms in total. The molecule has 0 saturated heterocycles. The molecule has 0 fully saturated rings. The van der Waals surface area contributed by atoms with Crippen molar-refractivity contribution in [3.63, 3.8) is 0 Å². The Labute approximate surface area is 117 Å². The average Bonchev–Trinajstić information content (AvgIpc) is 2.44. The number of hydrogen-bond donors (Lipinski definition) is 2. The molecule has 1 heterocycles. The molecule has 0 aliphatic heterocycles. The van der Waals surface area contributed by atoms with Gasteiger partial charge in [0, 0.05) is 20.1 Å². The minimum absolute atomic E-state index is 0.0543. The van der Waals surface area contributed by atoms with Crippen LogP contribution in [0.1, 0.15) is 13.8 Å². The van der Waals surface area contributed by atoms with Gasteiger partial charge in [-0.1, -0.05) is 0 Å². The van der Waals surface area contributed by atoms with Gasteiger partial charge in [-0.25, -0.2) is 4.98 Å². The van der Waals surface area contributed by atoms with E-state index in [4.69, 9.17) is 0 Å². The van der Waals surface area contributed by atoms with Gasteiger partial charge in [0.2, 0.25) is 5.91 Å². The van der Waals surface area contributed by atoms with Gasteiger partial charge in [-0.3, -0.25) is 14.9 Å². The molecule has 0 saturated carbocycles. The third-order valence-corrected chi connectivity index (χ3v) is 2.68. The van der Waals surface area contributed by atoms with Crippen LogP contribution in [0.5, 0.6) is 0 Å². The highest BCUT2D eigenvalue weighted by Crippen LogP contribution is 2.23. The second-order valence-electron chi connectivity index (χ2n) is 4.04. The quantitative estimate of drug-likeness (QED) is 0.571. The fourth-order valence-corrected chi connectivity index (χ4v) is 1.65. The van der Waals surface area contributed by atoms with E-state index in [1.54, 1.807) is 11.9 Å². The molecule has 1 aromatic heterocycles. The third kappa shape index (κ3) is 4.08. The molecule has 0 radical (unpaired) electrons. The van der Waals surface area contributed by atoms with Gasteiger partial charge in [0.25, 0.3) is 5.69 Å². The van der Waals surface area contributed by atoms with Gasteiger partial charge in [0.1, 0.15) is 11.6 Å². The lowest BCUT2D eigenvalue weighted by atomic mass is 10.3. The van der Waals surface area contributed by atoms with Crippen LogP contribution in [0, 0.1) is 10.1 Å². The lowest BCUT2D eigenvalue weighted by Gasteiger charge is -2.21. The predicted octanol–water partition coefficient (Wildman–Crippen LogP) is 0.994. The van der Waals surface area contributed by atoms with E-state index in [2.05, 4.69) is 15.6 Å². The summed E-state index contributed by atoms with van der Waals surface area (Å²) < 4.78 is 0. The number of likely N-dealkylation sites (N-methyl/N-ethyl adjacent to an activating group) is 2. The zero-order valence-corrected chi connectivity index (χ0v) is 11.8. The van der Waals surface area contributed by atoms with Gasteiger partial charge in [0.15, 0.2) is 0 Å². The number of rotatable bonds is 7. The highest BCUT2D eigenvalue weighted by atomic mass is 16.6. The van der Waals surface area contributed by atoms with Gasteiger partial charge < -0.3 is 15.5 Å².